The van der Waals surface area contributed by atoms with Crippen LogP contribution in [-0.2, 0) is 4.74 Å². The molecule has 1 saturated heterocycles. The van der Waals surface area contributed by atoms with Crippen LogP contribution in [0.4, 0.5) is 4.79 Å². The van der Waals surface area contributed by atoms with Gasteiger partial charge in [-0.2, -0.15) is 0 Å². The van der Waals surface area contributed by atoms with E-state index in [0.29, 0.717) is 19.6 Å². The molecular weight excluding hydrogens is 286 g/mol. The molecule has 1 aliphatic heterocycles. The number of morpholine rings is 1. The molecular formula is C15H25N3O2S. The van der Waals surface area contributed by atoms with Crippen molar-refractivity contribution in [2.75, 3.05) is 33.7 Å². The van der Waals surface area contributed by atoms with Gasteiger partial charge in [0.2, 0.25) is 0 Å². The summed E-state index contributed by atoms with van der Waals surface area (Å²) in [5.74, 6) is 0. The van der Waals surface area contributed by atoms with Crippen molar-refractivity contribution in [3.05, 3.63) is 22.4 Å². The zero-order valence-electron chi connectivity index (χ0n) is 13.2. The molecule has 6 heteroatoms. The Kier molecular flexibility index (Phi) is 5.61. The second-order valence-electron chi connectivity index (χ2n) is 5.84. The second-order valence-corrected chi connectivity index (χ2v) is 6.82. The van der Waals surface area contributed by atoms with Gasteiger partial charge < -0.3 is 19.9 Å². The Labute approximate surface area is 130 Å². The van der Waals surface area contributed by atoms with Crippen LogP contribution in [0.15, 0.2) is 17.5 Å². The first kappa shape index (κ1) is 16.3. The zero-order valence-corrected chi connectivity index (χ0v) is 14.0. The highest BCUT2D eigenvalue weighted by molar-refractivity contribution is 7.10. The minimum Gasteiger partial charge on any atom is -0.372 e. The van der Waals surface area contributed by atoms with Crippen LogP contribution in [-0.4, -0.2) is 61.8 Å². The van der Waals surface area contributed by atoms with Crippen molar-refractivity contribution in [3.63, 3.8) is 0 Å². The SMILES string of the molecule is C[C@@H]1CN(C(=O)NC[C@@H](c2cccs2)N(C)C)C[C@H](C)O1. The van der Waals surface area contributed by atoms with E-state index in [1.165, 1.54) is 4.88 Å². The van der Waals surface area contributed by atoms with Crippen molar-refractivity contribution in [1.82, 2.24) is 15.1 Å². The van der Waals surface area contributed by atoms with Gasteiger partial charge in [-0.25, -0.2) is 4.79 Å². The van der Waals surface area contributed by atoms with E-state index in [9.17, 15) is 4.79 Å². The van der Waals surface area contributed by atoms with Crippen molar-refractivity contribution < 1.29 is 9.53 Å². The van der Waals surface area contributed by atoms with Gasteiger partial charge >= 0.3 is 6.03 Å². The first-order chi connectivity index (χ1) is 9.97. The summed E-state index contributed by atoms with van der Waals surface area (Å²) >= 11 is 1.72. The van der Waals surface area contributed by atoms with E-state index < -0.39 is 0 Å². The number of ether oxygens (including phenoxy) is 1. The van der Waals surface area contributed by atoms with Crippen LogP contribution in [0.25, 0.3) is 0 Å². The number of carbonyl (C=O) groups is 1. The van der Waals surface area contributed by atoms with Crippen molar-refractivity contribution in [2.24, 2.45) is 0 Å². The van der Waals surface area contributed by atoms with E-state index >= 15 is 0 Å². The van der Waals surface area contributed by atoms with Crippen molar-refractivity contribution in [2.45, 2.75) is 32.1 Å². The number of rotatable bonds is 4. The number of nitrogens with one attached hydrogen (secondary N) is 1. The van der Waals surface area contributed by atoms with E-state index in [4.69, 9.17) is 4.74 Å². The Morgan fingerprint density at radius 1 is 1.48 bits per heavy atom. The molecule has 2 amide bonds. The van der Waals surface area contributed by atoms with E-state index in [0.717, 1.165) is 0 Å². The molecule has 1 aliphatic rings. The van der Waals surface area contributed by atoms with E-state index in [-0.39, 0.29) is 24.3 Å². The molecule has 0 aliphatic carbocycles. The van der Waals surface area contributed by atoms with Crippen LogP contribution in [0.3, 0.4) is 0 Å². The van der Waals surface area contributed by atoms with Crippen LogP contribution in [0.2, 0.25) is 0 Å². The summed E-state index contributed by atoms with van der Waals surface area (Å²) in [4.78, 5) is 17.6. The average Bonchev–Trinajstić information content (AvgIpc) is 2.91. The van der Waals surface area contributed by atoms with Gasteiger partial charge in [0.25, 0.3) is 0 Å². The van der Waals surface area contributed by atoms with Crippen LogP contribution >= 0.6 is 11.3 Å². The van der Waals surface area contributed by atoms with Gasteiger partial charge in [-0.05, 0) is 39.4 Å². The average molecular weight is 311 g/mol. The number of nitrogens with zero attached hydrogens (tertiary/aromatic N) is 2. The van der Waals surface area contributed by atoms with E-state index in [1.807, 2.05) is 38.9 Å². The molecule has 2 rings (SSSR count). The molecule has 2 heterocycles. The van der Waals surface area contributed by atoms with Gasteiger partial charge in [-0.1, -0.05) is 6.07 Å². The molecule has 0 radical (unpaired) electrons. The van der Waals surface area contributed by atoms with Gasteiger partial charge in [0.15, 0.2) is 0 Å². The summed E-state index contributed by atoms with van der Waals surface area (Å²) in [5.41, 5.74) is 0. The third kappa shape index (κ3) is 4.43. The number of hydrogen-bond acceptors (Lipinski definition) is 4. The van der Waals surface area contributed by atoms with Crippen LogP contribution in [0, 0.1) is 0 Å². The lowest BCUT2D eigenvalue weighted by Gasteiger charge is -2.35. The smallest absolute Gasteiger partial charge is 0.317 e. The summed E-state index contributed by atoms with van der Waals surface area (Å²) in [6, 6.07) is 4.37. The van der Waals surface area contributed by atoms with Crippen molar-refractivity contribution in [1.29, 1.82) is 0 Å². The number of carbonyl (C=O) groups excluding carboxylic acids is 1. The van der Waals surface area contributed by atoms with Crippen molar-refractivity contribution >= 4 is 17.4 Å². The first-order valence-corrected chi connectivity index (χ1v) is 8.23. The molecule has 0 aromatic carbocycles. The predicted molar refractivity (Wildman–Crippen MR) is 85.7 cm³/mol. The molecule has 3 atom stereocenters. The second kappa shape index (κ2) is 7.24. The van der Waals surface area contributed by atoms with Gasteiger partial charge in [-0.15, -0.1) is 11.3 Å². The Morgan fingerprint density at radius 2 is 2.14 bits per heavy atom. The fourth-order valence-corrected chi connectivity index (χ4v) is 3.58. The van der Waals surface area contributed by atoms with E-state index in [1.54, 1.807) is 11.3 Å². The lowest BCUT2D eigenvalue weighted by Crippen LogP contribution is -2.52. The highest BCUT2D eigenvalue weighted by atomic mass is 32.1. The summed E-state index contributed by atoms with van der Waals surface area (Å²) in [6.45, 7) is 5.94. The summed E-state index contributed by atoms with van der Waals surface area (Å²) in [6.07, 6.45) is 0.197. The lowest BCUT2D eigenvalue weighted by atomic mass is 10.2. The van der Waals surface area contributed by atoms with Gasteiger partial charge in [0, 0.05) is 24.5 Å². The molecule has 0 bridgehead atoms. The fraction of sp³-hybridized carbons (Fsp3) is 0.667. The highest BCUT2D eigenvalue weighted by Crippen LogP contribution is 2.22. The maximum absolute atomic E-state index is 12.3. The Morgan fingerprint density at radius 3 is 2.67 bits per heavy atom. The molecule has 0 saturated carbocycles. The molecule has 0 spiro atoms. The summed E-state index contributed by atoms with van der Waals surface area (Å²) < 4.78 is 5.66. The van der Waals surface area contributed by atoms with Crippen LogP contribution in [0.1, 0.15) is 24.8 Å². The molecule has 21 heavy (non-hydrogen) atoms. The van der Waals surface area contributed by atoms with Crippen LogP contribution in [0.5, 0.6) is 0 Å². The van der Waals surface area contributed by atoms with Gasteiger partial charge in [-0.3, -0.25) is 0 Å². The zero-order chi connectivity index (χ0) is 15.4. The Balaban J connectivity index is 1.90. The molecule has 0 unspecified atom stereocenters. The van der Waals surface area contributed by atoms with Gasteiger partial charge in [0.05, 0.1) is 18.2 Å². The number of urea groups is 1. The molecule has 118 valence electrons. The van der Waals surface area contributed by atoms with Crippen LogP contribution < -0.4 is 5.32 Å². The molecule has 1 aromatic heterocycles. The topological polar surface area (TPSA) is 44.8 Å². The van der Waals surface area contributed by atoms with Gasteiger partial charge in [0.1, 0.15) is 0 Å². The minimum atomic E-state index is 0.000376. The molecule has 1 N–H and O–H groups in total. The van der Waals surface area contributed by atoms with E-state index in [2.05, 4.69) is 21.7 Å². The number of amides is 2. The maximum atomic E-state index is 12.3. The predicted octanol–water partition coefficient (Wildman–Crippen LogP) is 2.17. The monoisotopic (exact) mass is 311 g/mol. The molecule has 1 aromatic rings. The fourth-order valence-electron chi connectivity index (χ4n) is 2.66. The normalized spacial score (nSPS) is 24.1. The third-order valence-corrected chi connectivity index (χ3v) is 4.62. The highest BCUT2D eigenvalue weighted by Gasteiger charge is 2.26. The standard InChI is InChI=1S/C15H25N3O2S/c1-11-9-18(10-12(2)20-11)15(19)16-8-13(17(3)4)14-6-5-7-21-14/h5-7,11-13H,8-10H2,1-4H3,(H,16,19)/t11-,12+,13-/m0/s1. The first-order valence-electron chi connectivity index (χ1n) is 7.35. The third-order valence-electron chi connectivity index (χ3n) is 3.65. The number of likely N-dealkylation sites (N-methyl/N-ethyl adjacent to an activating group) is 1. The summed E-state index contributed by atoms with van der Waals surface area (Å²) in [5, 5.41) is 5.13. The largest absolute Gasteiger partial charge is 0.372 e. The van der Waals surface area contributed by atoms with Crippen molar-refractivity contribution in [3.8, 4) is 0 Å². The summed E-state index contributed by atoms with van der Waals surface area (Å²) in [7, 11) is 4.07. The molecule has 1 fully saturated rings. The maximum Gasteiger partial charge on any atom is 0.317 e. The number of hydrogen-bond donors (Lipinski definition) is 1. The Bertz CT molecular complexity index is 440. The minimum absolute atomic E-state index is 0.000376. The molecule has 5 nitrogen and oxygen atoms in total. The lowest BCUT2D eigenvalue weighted by molar-refractivity contribution is -0.0546. The number of thiophene rings is 1. The Hall–Kier alpha value is -1.11. The quantitative estimate of drug-likeness (QED) is 0.927.